The van der Waals surface area contributed by atoms with E-state index in [4.69, 9.17) is 4.74 Å². The first-order valence-electron chi connectivity index (χ1n) is 5.71. The van der Waals surface area contributed by atoms with E-state index >= 15 is 0 Å². The van der Waals surface area contributed by atoms with Crippen molar-refractivity contribution in [2.75, 3.05) is 0 Å². The van der Waals surface area contributed by atoms with Gasteiger partial charge in [0.25, 0.3) is 0 Å². The summed E-state index contributed by atoms with van der Waals surface area (Å²) in [5, 5.41) is 30.0. The number of hydrogen-bond donors (Lipinski definition) is 3. The third-order valence-corrected chi connectivity index (χ3v) is 2.83. The van der Waals surface area contributed by atoms with Crippen molar-refractivity contribution in [1.29, 1.82) is 0 Å². The summed E-state index contributed by atoms with van der Waals surface area (Å²) in [5.74, 6) is 4.40. The van der Waals surface area contributed by atoms with E-state index in [-0.39, 0.29) is 12.8 Å². The molecular formula is C13H18O5. The van der Waals surface area contributed by atoms with Gasteiger partial charge in [0.05, 0.1) is 6.10 Å². The van der Waals surface area contributed by atoms with Crippen LogP contribution < -0.4 is 0 Å². The smallest absolute Gasteiger partial charge is 0.302 e. The molecule has 0 aliphatic heterocycles. The monoisotopic (exact) mass is 254 g/mol. The Morgan fingerprint density at radius 3 is 2.50 bits per heavy atom. The van der Waals surface area contributed by atoms with Crippen LogP contribution in [0.5, 0.6) is 0 Å². The van der Waals surface area contributed by atoms with Crippen molar-refractivity contribution in [3.63, 3.8) is 0 Å². The van der Waals surface area contributed by atoms with Crippen molar-refractivity contribution in [3.05, 3.63) is 12.2 Å². The van der Waals surface area contributed by atoms with Gasteiger partial charge in [-0.25, -0.2) is 0 Å². The van der Waals surface area contributed by atoms with E-state index < -0.39 is 29.9 Å². The SMILES string of the molecule is C=C(C)C#C[C@@]1(O)[C@H](O)CC[C@@H](OC(C)=O)[C@@H]1O. The number of carbonyl (C=O) groups excluding carboxylic acids is 1. The van der Waals surface area contributed by atoms with Crippen LogP contribution in [0.2, 0.25) is 0 Å². The minimum Gasteiger partial charge on any atom is -0.460 e. The van der Waals surface area contributed by atoms with Crippen molar-refractivity contribution < 1.29 is 24.9 Å². The normalized spacial score (nSPS) is 35.3. The van der Waals surface area contributed by atoms with E-state index in [1.54, 1.807) is 6.92 Å². The fourth-order valence-corrected chi connectivity index (χ4v) is 1.88. The van der Waals surface area contributed by atoms with Crippen molar-refractivity contribution in [2.45, 2.75) is 50.6 Å². The summed E-state index contributed by atoms with van der Waals surface area (Å²) < 4.78 is 4.90. The highest BCUT2D eigenvalue weighted by Gasteiger charge is 2.50. The number of aliphatic hydroxyl groups excluding tert-OH is 2. The molecule has 1 rings (SSSR count). The summed E-state index contributed by atoms with van der Waals surface area (Å²) in [6.07, 6.45) is -3.03. The van der Waals surface area contributed by atoms with Gasteiger partial charge in [-0.05, 0) is 25.3 Å². The first kappa shape index (κ1) is 14.7. The van der Waals surface area contributed by atoms with Gasteiger partial charge in [0.1, 0.15) is 12.2 Å². The predicted molar refractivity (Wildman–Crippen MR) is 64.3 cm³/mol. The molecule has 1 aliphatic carbocycles. The Labute approximate surface area is 106 Å². The zero-order valence-corrected chi connectivity index (χ0v) is 10.5. The molecule has 1 saturated carbocycles. The van der Waals surface area contributed by atoms with Crippen LogP contribution >= 0.6 is 0 Å². The van der Waals surface area contributed by atoms with Crippen LogP contribution in [-0.2, 0) is 9.53 Å². The topological polar surface area (TPSA) is 87.0 Å². The van der Waals surface area contributed by atoms with Crippen LogP contribution in [0.3, 0.4) is 0 Å². The minimum absolute atomic E-state index is 0.191. The van der Waals surface area contributed by atoms with Gasteiger partial charge in [-0.2, -0.15) is 0 Å². The van der Waals surface area contributed by atoms with Crippen LogP contribution in [0, 0.1) is 11.8 Å². The minimum atomic E-state index is -2.00. The Morgan fingerprint density at radius 1 is 1.39 bits per heavy atom. The average molecular weight is 254 g/mol. The van der Waals surface area contributed by atoms with Crippen molar-refractivity contribution >= 4 is 5.97 Å². The number of ether oxygens (including phenoxy) is 1. The lowest BCUT2D eigenvalue weighted by Crippen LogP contribution is -2.60. The van der Waals surface area contributed by atoms with E-state index in [2.05, 4.69) is 18.4 Å². The Hall–Kier alpha value is -1.35. The Morgan fingerprint density at radius 2 is 2.00 bits per heavy atom. The lowest BCUT2D eigenvalue weighted by molar-refractivity contribution is -0.192. The molecule has 0 unspecified atom stereocenters. The van der Waals surface area contributed by atoms with Gasteiger partial charge in [-0.15, -0.1) is 0 Å². The molecule has 5 nitrogen and oxygen atoms in total. The lowest BCUT2D eigenvalue weighted by Gasteiger charge is -2.41. The first-order chi connectivity index (χ1) is 8.27. The number of rotatable bonds is 1. The van der Waals surface area contributed by atoms with Gasteiger partial charge < -0.3 is 20.1 Å². The molecule has 1 aliphatic rings. The van der Waals surface area contributed by atoms with E-state index in [0.717, 1.165) is 0 Å². The van der Waals surface area contributed by atoms with Crippen LogP contribution in [-0.4, -0.2) is 45.2 Å². The highest BCUT2D eigenvalue weighted by Crippen LogP contribution is 2.31. The maximum atomic E-state index is 10.9. The molecule has 0 heterocycles. The Kier molecular flexibility index (Phi) is 4.52. The molecule has 5 heteroatoms. The molecule has 18 heavy (non-hydrogen) atoms. The number of carbonyl (C=O) groups is 1. The molecule has 1 fully saturated rings. The van der Waals surface area contributed by atoms with E-state index in [1.165, 1.54) is 6.92 Å². The summed E-state index contributed by atoms with van der Waals surface area (Å²) in [6, 6.07) is 0. The zero-order valence-electron chi connectivity index (χ0n) is 10.5. The summed E-state index contributed by atoms with van der Waals surface area (Å²) in [7, 11) is 0. The summed E-state index contributed by atoms with van der Waals surface area (Å²) in [5.41, 5.74) is -1.51. The van der Waals surface area contributed by atoms with Gasteiger partial charge in [0, 0.05) is 6.92 Å². The van der Waals surface area contributed by atoms with E-state index in [1.807, 2.05) is 0 Å². The molecule has 0 bridgehead atoms. The molecule has 0 spiro atoms. The third-order valence-electron chi connectivity index (χ3n) is 2.83. The second-order valence-electron chi connectivity index (χ2n) is 4.54. The molecule has 100 valence electrons. The van der Waals surface area contributed by atoms with Crippen molar-refractivity contribution in [3.8, 4) is 11.8 Å². The van der Waals surface area contributed by atoms with Crippen LogP contribution in [0.1, 0.15) is 26.7 Å². The van der Waals surface area contributed by atoms with E-state index in [0.29, 0.717) is 5.57 Å². The first-order valence-corrected chi connectivity index (χ1v) is 5.71. The number of aliphatic hydroxyl groups is 3. The molecule has 0 saturated heterocycles. The van der Waals surface area contributed by atoms with Crippen molar-refractivity contribution in [1.82, 2.24) is 0 Å². The van der Waals surface area contributed by atoms with E-state index in [9.17, 15) is 20.1 Å². The molecule has 0 aromatic heterocycles. The standard InChI is InChI=1S/C13H18O5/c1-8(2)6-7-13(17)11(15)5-4-10(12(13)16)18-9(3)14/h10-12,15-17H,1,4-5H2,2-3H3/t10-,11-,12+,13-/m1/s1. The largest absolute Gasteiger partial charge is 0.460 e. The number of allylic oxidation sites excluding steroid dienone is 1. The lowest BCUT2D eigenvalue weighted by atomic mass is 9.78. The molecule has 3 N–H and O–H groups in total. The predicted octanol–water partition coefficient (Wildman–Crippen LogP) is -0.256. The van der Waals surface area contributed by atoms with Gasteiger partial charge in [0.15, 0.2) is 5.60 Å². The average Bonchev–Trinajstić information content (AvgIpc) is 2.27. The number of hydrogen-bond acceptors (Lipinski definition) is 5. The summed E-state index contributed by atoms with van der Waals surface area (Å²) >= 11 is 0. The Bertz CT molecular complexity index is 405. The highest BCUT2D eigenvalue weighted by molar-refractivity contribution is 5.66. The Balaban J connectivity index is 2.97. The highest BCUT2D eigenvalue weighted by atomic mass is 16.6. The van der Waals surface area contributed by atoms with Gasteiger partial charge in [0.2, 0.25) is 0 Å². The van der Waals surface area contributed by atoms with Crippen LogP contribution in [0.4, 0.5) is 0 Å². The molecule has 4 atom stereocenters. The third kappa shape index (κ3) is 3.10. The van der Waals surface area contributed by atoms with Gasteiger partial charge in [-0.3, -0.25) is 4.79 Å². The van der Waals surface area contributed by atoms with Gasteiger partial charge >= 0.3 is 5.97 Å². The fourth-order valence-electron chi connectivity index (χ4n) is 1.88. The maximum Gasteiger partial charge on any atom is 0.302 e. The van der Waals surface area contributed by atoms with Gasteiger partial charge in [-0.1, -0.05) is 18.4 Å². The molecule has 0 amide bonds. The summed E-state index contributed by atoms with van der Waals surface area (Å²) in [6.45, 7) is 6.41. The second kappa shape index (κ2) is 5.53. The quantitative estimate of drug-likeness (QED) is 0.443. The summed E-state index contributed by atoms with van der Waals surface area (Å²) in [4.78, 5) is 10.9. The molecular weight excluding hydrogens is 236 g/mol. The van der Waals surface area contributed by atoms with Crippen molar-refractivity contribution in [2.24, 2.45) is 0 Å². The number of esters is 1. The van der Waals surface area contributed by atoms with Crippen LogP contribution in [0.15, 0.2) is 12.2 Å². The second-order valence-corrected chi connectivity index (χ2v) is 4.54. The maximum absolute atomic E-state index is 10.9. The molecule has 0 aromatic rings. The van der Waals surface area contributed by atoms with Crippen LogP contribution in [0.25, 0.3) is 0 Å². The zero-order chi connectivity index (χ0) is 13.9. The molecule has 0 aromatic carbocycles. The fraction of sp³-hybridized carbons (Fsp3) is 0.615. The molecule has 0 radical (unpaired) electrons.